The highest BCUT2D eigenvalue weighted by atomic mass is 79.9. The third kappa shape index (κ3) is 2.60. The fourth-order valence-corrected chi connectivity index (χ4v) is 2.11. The predicted octanol–water partition coefficient (Wildman–Crippen LogP) is 3.77. The second-order valence-corrected chi connectivity index (χ2v) is 4.36. The lowest BCUT2D eigenvalue weighted by molar-refractivity contribution is -0.384. The lowest BCUT2D eigenvalue weighted by Crippen LogP contribution is -2.06. The molecule has 0 aliphatic rings. The average molecular weight is 336 g/mol. The second kappa shape index (κ2) is 4.65. The Morgan fingerprint density at radius 3 is 2.58 bits per heavy atom. The van der Waals surface area contributed by atoms with Crippen molar-refractivity contribution in [2.75, 3.05) is 0 Å². The maximum absolute atomic E-state index is 12.6. The fraction of sp³-hybridized carbons (Fsp3) is 0.100. The van der Waals surface area contributed by atoms with Crippen LogP contribution < -0.4 is 0 Å². The van der Waals surface area contributed by atoms with E-state index >= 15 is 0 Å². The molecular weight excluding hydrogens is 331 g/mol. The van der Waals surface area contributed by atoms with Gasteiger partial charge in [0, 0.05) is 17.7 Å². The van der Waals surface area contributed by atoms with Crippen molar-refractivity contribution in [2.45, 2.75) is 6.18 Å². The first kappa shape index (κ1) is 13.5. The van der Waals surface area contributed by atoms with Gasteiger partial charge in [0.05, 0.1) is 9.40 Å². The number of aromatic nitrogens is 2. The van der Waals surface area contributed by atoms with Crippen LogP contribution in [0.2, 0.25) is 0 Å². The molecule has 0 saturated carbocycles. The van der Waals surface area contributed by atoms with Gasteiger partial charge in [-0.3, -0.25) is 15.2 Å². The topological polar surface area (TPSA) is 71.8 Å². The SMILES string of the molecule is O=[N+]([O-])c1cccc(-c2n[nH]c(C(F)(F)F)c2Br)c1. The smallest absolute Gasteiger partial charge is 0.272 e. The van der Waals surface area contributed by atoms with Crippen molar-refractivity contribution in [3.8, 4) is 11.3 Å². The summed E-state index contributed by atoms with van der Waals surface area (Å²) < 4.78 is 37.5. The summed E-state index contributed by atoms with van der Waals surface area (Å²) in [5.41, 5.74) is -1.07. The molecule has 2 rings (SSSR count). The molecule has 0 aliphatic heterocycles. The minimum atomic E-state index is -4.58. The lowest BCUT2D eigenvalue weighted by atomic mass is 10.1. The molecular formula is C10H5BrF3N3O2. The van der Waals surface area contributed by atoms with Gasteiger partial charge >= 0.3 is 6.18 Å². The normalized spacial score (nSPS) is 11.6. The molecule has 1 aromatic heterocycles. The number of benzene rings is 1. The van der Waals surface area contributed by atoms with Crippen LogP contribution in [0, 0.1) is 10.1 Å². The second-order valence-electron chi connectivity index (χ2n) is 3.57. The van der Waals surface area contributed by atoms with Crippen LogP contribution in [0.25, 0.3) is 11.3 Å². The molecule has 0 atom stereocenters. The molecule has 0 fully saturated rings. The van der Waals surface area contributed by atoms with Crippen LogP contribution in [0.1, 0.15) is 5.69 Å². The van der Waals surface area contributed by atoms with Crippen molar-refractivity contribution in [3.05, 3.63) is 44.5 Å². The summed E-state index contributed by atoms with van der Waals surface area (Å²) in [6.07, 6.45) is -4.58. The molecule has 2 aromatic rings. The van der Waals surface area contributed by atoms with E-state index in [0.717, 1.165) is 6.07 Å². The summed E-state index contributed by atoms with van der Waals surface area (Å²) in [5, 5.41) is 16.0. The summed E-state index contributed by atoms with van der Waals surface area (Å²) >= 11 is 2.80. The van der Waals surface area contributed by atoms with Gasteiger partial charge in [-0.05, 0) is 15.9 Å². The molecule has 9 heteroatoms. The van der Waals surface area contributed by atoms with Crippen molar-refractivity contribution in [3.63, 3.8) is 0 Å². The number of hydrogen-bond acceptors (Lipinski definition) is 3. The minimum Gasteiger partial charge on any atom is -0.272 e. The van der Waals surface area contributed by atoms with Crippen LogP contribution in [0.15, 0.2) is 28.7 Å². The molecule has 5 nitrogen and oxygen atoms in total. The Kier molecular flexibility index (Phi) is 3.31. The predicted molar refractivity (Wildman–Crippen MR) is 63.4 cm³/mol. The maximum atomic E-state index is 12.6. The Bertz CT molecular complexity index is 639. The number of halogens is 4. The van der Waals surface area contributed by atoms with Crippen LogP contribution in [0.4, 0.5) is 18.9 Å². The van der Waals surface area contributed by atoms with E-state index in [-0.39, 0.29) is 21.4 Å². The lowest BCUT2D eigenvalue weighted by Gasteiger charge is -2.03. The van der Waals surface area contributed by atoms with Gasteiger partial charge in [-0.2, -0.15) is 18.3 Å². The number of rotatable bonds is 2. The zero-order chi connectivity index (χ0) is 14.2. The molecule has 0 radical (unpaired) electrons. The molecule has 0 spiro atoms. The number of alkyl halides is 3. The van der Waals surface area contributed by atoms with E-state index in [1.165, 1.54) is 18.2 Å². The summed E-state index contributed by atoms with van der Waals surface area (Å²) in [5.74, 6) is 0. The van der Waals surface area contributed by atoms with Gasteiger partial charge in [0.1, 0.15) is 5.69 Å². The van der Waals surface area contributed by atoms with Crippen molar-refractivity contribution in [1.29, 1.82) is 0 Å². The largest absolute Gasteiger partial charge is 0.433 e. The molecule has 1 heterocycles. The molecule has 0 bridgehead atoms. The van der Waals surface area contributed by atoms with E-state index in [4.69, 9.17) is 0 Å². The number of nitrogens with one attached hydrogen (secondary N) is 1. The van der Waals surface area contributed by atoms with Gasteiger partial charge in [-0.15, -0.1) is 0 Å². The number of hydrogen-bond donors (Lipinski definition) is 1. The standard InChI is InChI=1S/C10H5BrF3N3O2/c11-7-8(15-16-9(7)10(12,13)14)5-2-1-3-6(4-5)17(18)19/h1-4H,(H,15,16). The molecule has 0 aliphatic carbocycles. The zero-order valence-electron chi connectivity index (χ0n) is 9.03. The number of aromatic amines is 1. The van der Waals surface area contributed by atoms with Crippen LogP contribution in [-0.2, 0) is 6.18 Å². The molecule has 0 unspecified atom stereocenters. The van der Waals surface area contributed by atoms with Crippen molar-refractivity contribution in [2.24, 2.45) is 0 Å². The summed E-state index contributed by atoms with van der Waals surface area (Å²) in [6, 6.07) is 5.21. The first-order chi connectivity index (χ1) is 8.80. The summed E-state index contributed by atoms with van der Waals surface area (Å²) in [6.45, 7) is 0. The zero-order valence-corrected chi connectivity index (χ0v) is 10.6. The monoisotopic (exact) mass is 335 g/mol. The highest BCUT2D eigenvalue weighted by Crippen LogP contribution is 2.38. The first-order valence-corrected chi connectivity index (χ1v) is 5.66. The van der Waals surface area contributed by atoms with Crippen LogP contribution in [0.5, 0.6) is 0 Å². The highest BCUT2D eigenvalue weighted by Gasteiger charge is 2.36. The Morgan fingerprint density at radius 1 is 1.37 bits per heavy atom. The molecule has 100 valence electrons. The van der Waals surface area contributed by atoms with E-state index in [2.05, 4.69) is 21.0 Å². The Balaban J connectivity index is 2.52. The van der Waals surface area contributed by atoms with Crippen molar-refractivity contribution in [1.82, 2.24) is 10.2 Å². The van der Waals surface area contributed by atoms with Gasteiger partial charge in [0.15, 0.2) is 5.69 Å². The Labute approximate surface area is 112 Å². The molecule has 1 N–H and O–H groups in total. The number of nitro benzene ring substituents is 1. The molecule has 1 aromatic carbocycles. The number of H-pyrrole nitrogens is 1. The summed E-state index contributed by atoms with van der Waals surface area (Å²) in [4.78, 5) is 9.99. The quantitative estimate of drug-likeness (QED) is 0.670. The third-order valence-corrected chi connectivity index (χ3v) is 3.09. The Hall–Kier alpha value is -1.90. The van der Waals surface area contributed by atoms with Gasteiger partial charge in [-0.1, -0.05) is 12.1 Å². The molecule has 0 saturated heterocycles. The van der Waals surface area contributed by atoms with Crippen molar-refractivity contribution >= 4 is 21.6 Å². The van der Waals surface area contributed by atoms with Gasteiger partial charge < -0.3 is 0 Å². The van der Waals surface area contributed by atoms with Crippen LogP contribution in [0.3, 0.4) is 0 Å². The van der Waals surface area contributed by atoms with E-state index in [0.29, 0.717) is 0 Å². The minimum absolute atomic E-state index is 0.0315. The van der Waals surface area contributed by atoms with E-state index in [1.54, 1.807) is 0 Å². The van der Waals surface area contributed by atoms with E-state index in [1.807, 2.05) is 5.10 Å². The number of nitro groups is 1. The maximum Gasteiger partial charge on any atom is 0.433 e. The van der Waals surface area contributed by atoms with Crippen molar-refractivity contribution < 1.29 is 18.1 Å². The van der Waals surface area contributed by atoms with Crippen LogP contribution >= 0.6 is 15.9 Å². The van der Waals surface area contributed by atoms with E-state index < -0.39 is 16.8 Å². The third-order valence-electron chi connectivity index (χ3n) is 2.32. The van der Waals surface area contributed by atoms with Gasteiger partial charge in [-0.25, -0.2) is 0 Å². The van der Waals surface area contributed by atoms with Gasteiger partial charge in [0.2, 0.25) is 0 Å². The van der Waals surface area contributed by atoms with Crippen LogP contribution in [-0.4, -0.2) is 15.1 Å². The average Bonchev–Trinajstić information content (AvgIpc) is 2.71. The fourth-order valence-electron chi connectivity index (χ4n) is 1.47. The van der Waals surface area contributed by atoms with E-state index in [9.17, 15) is 23.3 Å². The number of nitrogens with zero attached hydrogens (tertiary/aromatic N) is 2. The van der Waals surface area contributed by atoms with Gasteiger partial charge in [0.25, 0.3) is 5.69 Å². The summed E-state index contributed by atoms with van der Waals surface area (Å²) in [7, 11) is 0. The molecule has 19 heavy (non-hydrogen) atoms. The Morgan fingerprint density at radius 2 is 2.05 bits per heavy atom. The number of non-ortho nitro benzene ring substituents is 1. The first-order valence-electron chi connectivity index (χ1n) is 4.86. The highest BCUT2D eigenvalue weighted by molar-refractivity contribution is 9.10. The molecule has 0 amide bonds.